The minimum Gasteiger partial charge on any atom is -0.495 e. The number of sulfonamides is 1. The summed E-state index contributed by atoms with van der Waals surface area (Å²) in [5, 5.41) is 3.26. The molecule has 1 amide bonds. The van der Waals surface area contributed by atoms with E-state index in [4.69, 9.17) is 21.1 Å². The molecular weight excluding hydrogens is 416 g/mol. The van der Waals surface area contributed by atoms with Crippen molar-refractivity contribution in [3.05, 3.63) is 47.0 Å². The minimum absolute atomic E-state index is 0.0755. The fraction of sp³-hybridized carbons (Fsp3) is 0.350. The van der Waals surface area contributed by atoms with Gasteiger partial charge in [-0.25, -0.2) is 8.42 Å². The van der Waals surface area contributed by atoms with Crippen molar-refractivity contribution < 1.29 is 22.7 Å². The zero-order valence-electron chi connectivity index (χ0n) is 16.9. The van der Waals surface area contributed by atoms with Crippen molar-refractivity contribution in [1.29, 1.82) is 0 Å². The highest BCUT2D eigenvalue weighted by atomic mass is 35.5. The number of carbonyl (C=O) groups excluding carboxylic acids is 1. The summed E-state index contributed by atoms with van der Waals surface area (Å²) in [5.41, 5.74) is 1.09. The summed E-state index contributed by atoms with van der Waals surface area (Å²) in [6, 6.07) is 9.43. The average Bonchev–Trinajstić information content (AvgIpc) is 2.69. The number of nitrogens with zero attached hydrogens (tertiary/aromatic N) is 1. The van der Waals surface area contributed by atoms with Gasteiger partial charge in [0, 0.05) is 18.1 Å². The van der Waals surface area contributed by atoms with E-state index in [1.54, 1.807) is 32.0 Å². The van der Waals surface area contributed by atoms with E-state index in [9.17, 15) is 13.2 Å². The van der Waals surface area contributed by atoms with Crippen molar-refractivity contribution >= 4 is 33.2 Å². The second-order valence-corrected chi connectivity index (χ2v) is 8.54. The minimum atomic E-state index is -3.67. The highest BCUT2D eigenvalue weighted by Crippen LogP contribution is 2.29. The monoisotopic (exact) mass is 440 g/mol. The van der Waals surface area contributed by atoms with Gasteiger partial charge < -0.3 is 14.8 Å². The number of anilines is 1. The van der Waals surface area contributed by atoms with E-state index >= 15 is 0 Å². The summed E-state index contributed by atoms with van der Waals surface area (Å²) in [4.78, 5) is 12.4. The van der Waals surface area contributed by atoms with Gasteiger partial charge in [0.05, 0.1) is 17.7 Å². The summed E-state index contributed by atoms with van der Waals surface area (Å²) in [5.74, 6) is 0.402. The number of benzene rings is 2. The lowest BCUT2D eigenvalue weighted by Crippen LogP contribution is -2.30. The Morgan fingerprint density at radius 3 is 2.41 bits per heavy atom. The predicted molar refractivity (Wildman–Crippen MR) is 113 cm³/mol. The van der Waals surface area contributed by atoms with Crippen molar-refractivity contribution in [2.45, 2.75) is 25.7 Å². The Hall–Kier alpha value is -2.29. The third-order valence-corrected chi connectivity index (χ3v) is 6.76. The van der Waals surface area contributed by atoms with Crippen molar-refractivity contribution in [3.63, 3.8) is 0 Å². The molecule has 0 saturated carbocycles. The Morgan fingerprint density at radius 2 is 1.83 bits per heavy atom. The lowest BCUT2D eigenvalue weighted by Gasteiger charge is -2.19. The maximum absolute atomic E-state index is 12.7. The normalized spacial score (nSPS) is 11.4. The standard InChI is InChI=1S/C20H25ClN2O5S/c1-5-23(6-2)29(25,26)16-8-10-19(27-4)18(12-16)22-20(24)13-28-15-7-9-17(21)14(3)11-15/h7-12H,5-6,13H2,1-4H3,(H,22,24). The van der Waals surface area contributed by atoms with E-state index < -0.39 is 15.9 Å². The Bertz CT molecular complexity index is 975. The Kier molecular flexibility index (Phi) is 7.89. The molecule has 0 bridgehead atoms. The number of hydrogen-bond donors (Lipinski definition) is 1. The topological polar surface area (TPSA) is 84.9 Å². The van der Waals surface area contributed by atoms with E-state index in [1.165, 1.54) is 29.6 Å². The Balaban J connectivity index is 2.18. The Labute approximate surface area is 176 Å². The van der Waals surface area contributed by atoms with Crippen molar-refractivity contribution in [3.8, 4) is 11.5 Å². The molecule has 0 radical (unpaired) electrons. The van der Waals surface area contributed by atoms with Gasteiger partial charge in [-0.3, -0.25) is 4.79 Å². The molecule has 158 valence electrons. The van der Waals surface area contributed by atoms with E-state index in [2.05, 4.69) is 5.32 Å². The quantitative estimate of drug-likeness (QED) is 0.642. The van der Waals surface area contributed by atoms with Gasteiger partial charge in [0.15, 0.2) is 6.61 Å². The van der Waals surface area contributed by atoms with Crippen LogP contribution in [0.3, 0.4) is 0 Å². The second-order valence-electron chi connectivity index (χ2n) is 6.20. The molecule has 0 aliphatic heterocycles. The van der Waals surface area contributed by atoms with Crippen LogP contribution in [0.5, 0.6) is 11.5 Å². The fourth-order valence-electron chi connectivity index (χ4n) is 2.70. The van der Waals surface area contributed by atoms with Gasteiger partial charge in [-0.15, -0.1) is 0 Å². The lowest BCUT2D eigenvalue weighted by molar-refractivity contribution is -0.118. The summed E-state index contributed by atoms with van der Waals surface area (Å²) in [7, 11) is -2.22. The molecule has 0 aromatic heterocycles. The zero-order chi connectivity index (χ0) is 21.6. The van der Waals surface area contributed by atoms with Crippen LogP contribution in [0.15, 0.2) is 41.3 Å². The largest absolute Gasteiger partial charge is 0.495 e. The first-order chi connectivity index (χ1) is 13.7. The van der Waals surface area contributed by atoms with Crippen LogP contribution in [0.25, 0.3) is 0 Å². The molecule has 2 aromatic rings. The number of halogens is 1. The van der Waals surface area contributed by atoms with E-state index in [-0.39, 0.29) is 17.2 Å². The van der Waals surface area contributed by atoms with Crippen molar-refractivity contribution in [2.24, 2.45) is 0 Å². The van der Waals surface area contributed by atoms with Gasteiger partial charge in [0.25, 0.3) is 5.91 Å². The first-order valence-corrected chi connectivity index (χ1v) is 10.9. The van der Waals surface area contributed by atoms with Crippen LogP contribution < -0.4 is 14.8 Å². The van der Waals surface area contributed by atoms with Gasteiger partial charge in [-0.2, -0.15) is 4.31 Å². The zero-order valence-corrected chi connectivity index (χ0v) is 18.4. The maximum Gasteiger partial charge on any atom is 0.262 e. The van der Waals surface area contributed by atoms with E-state index in [0.29, 0.717) is 29.6 Å². The molecule has 1 N–H and O–H groups in total. The molecule has 0 unspecified atom stereocenters. The number of carbonyl (C=O) groups is 1. The van der Waals surface area contributed by atoms with Gasteiger partial charge in [0.2, 0.25) is 10.0 Å². The number of ether oxygens (including phenoxy) is 2. The summed E-state index contributed by atoms with van der Waals surface area (Å²) < 4.78 is 37.5. The maximum atomic E-state index is 12.7. The van der Waals surface area contributed by atoms with Crippen LogP contribution >= 0.6 is 11.6 Å². The van der Waals surface area contributed by atoms with Crippen LogP contribution in [-0.4, -0.2) is 45.4 Å². The van der Waals surface area contributed by atoms with E-state index in [0.717, 1.165) is 5.56 Å². The van der Waals surface area contributed by atoms with E-state index in [1.807, 2.05) is 6.92 Å². The number of methoxy groups -OCH3 is 1. The van der Waals surface area contributed by atoms with Gasteiger partial charge >= 0.3 is 0 Å². The summed E-state index contributed by atoms with van der Waals surface area (Å²) >= 11 is 5.98. The molecule has 7 nitrogen and oxygen atoms in total. The molecule has 2 rings (SSSR count). The average molecular weight is 441 g/mol. The number of hydrogen-bond acceptors (Lipinski definition) is 5. The first kappa shape index (κ1) is 23.0. The fourth-order valence-corrected chi connectivity index (χ4v) is 4.30. The molecule has 0 spiro atoms. The third kappa shape index (κ3) is 5.62. The molecule has 2 aromatic carbocycles. The van der Waals surface area contributed by atoms with Crippen LogP contribution in [-0.2, 0) is 14.8 Å². The molecule has 0 saturated heterocycles. The SMILES string of the molecule is CCN(CC)S(=O)(=O)c1ccc(OC)c(NC(=O)COc2ccc(Cl)c(C)c2)c1. The molecule has 29 heavy (non-hydrogen) atoms. The number of nitrogens with one attached hydrogen (secondary N) is 1. The smallest absolute Gasteiger partial charge is 0.262 e. The van der Waals surface area contributed by atoms with Crippen LogP contribution in [0.2, 0.25) is 5.02 Å². The first-order valence-electron chi connectivity index (χ1n) is 9.09. The van der Waals surface area contributed by atoms with Crippen LogP contribution in [0, 0.1) is 6.92 Å². The van der Waals surface area contributed by atoms with Crippen LogP contribution in [0.4, 0.5) is 5.69 Å². The molecule has 9 heteroatoms. The highest BCUT2D eigenvalue weighted by Gasteiger charge is 2.23. The summed E-state index contributed by atoms with van der Waals surface area (Å²) in [6.07, 6.45) is 0. The number of amides is 1. The van der Waals surface area contributed by atoms with Gasteiger partial charge in [0.1, 0.15) is 11.5 Å². The molecule has 0 aliphatic rings. The predicted octanol–water partition coefficient (Wildman–Crippen LogP) is 3.71. The molecule has 0 fully saturated rings. The van der Waals surface area contributed by atoms with Crippen molar-refractivity contribution in [1.82, 2.24) is 4.31 Å². The van der Waals surface area contributed by atoms with Crippen LogP contribution in [0.1, 0.15) is 19.4 Å². The van der Waals surface area contributed by atoms with Gasteiger partial charge in [-0.1, -0.05) is 25.4 Å². The molecule has 0 aliphatic carbocycles. The van der Waals surface area contributed by atoms with Crippen molar-refractivity contribution in [2.75, 3.05) is 32.1 Å². The molecular formula is C20H25ClN2O5S. The lowest BCUT2D eigenvalue weighted by atomic mass is 10.2. The molecule has 0 atom stereocenters. The molecule has 0 heterocycles. The number of aryl methyl sites for hydroxylation is 1. The highest BCUT2D eigenvalue weighted by molar-refractivity contribution is 7.89. The number of rotatable bonds is 9. The van der Waals surface area contributed by atoms with Gasteiger partial charge in [-0.05, 0) is 48.9 Å². The Morgan fingerprint density at radius 1 is 1.14 bits per heavy atom. The summed E-state index contributed by atoms with van der Waals surface area (Å²) in [6.45, 7) is 5.81. The second kappa shape index (κ2) is 9.96. The third-order valence-electron chi connectivity index (χ3n) is 4.29.